The molecule has 1 fully saturated rings. The van der Waals surface area contributed by atoms with Gasteiger partial charge in [0, 0.05) is 12.6 Å². The van der Waals surface area contributed by atoms with Gasteiger partial charge in [-0.2, -0.15) is 0 Å². The zero-order chi connectivity index (χ0) is 25.7. The Morgan fingerprint density at radius 3 is 2.42 bits per heavy atom. The number of carbonyl (C=O) groups excluding carboxylic acids is 1. The van der Waals surface area contributed by atoms with E-state index in [9.17, 15) is 4.79 Å². The smallest absolute Gasteiger partial charge is 0.243 e. The van der Waals surface area contributed by atoms with Crippen LogP contribution >= 0.6 is 0 Å². The summed E-state index contributed by atoms with van der Waals surface area (Å²) in [6.07, 6.45) is 5.76. The molecule has 1 aliphatic rings. The quantitative estimate of drug-likeness (QED) is 0.226. The van der Waals surface area contributed by atoms with E-state index in [0.717, 1.165) is 40.8 Å². The van der Waals surface area contributed by atoms with Crippen molar-refractivity contribution in [3.63, 3.8) is 0 Å². The molecule has 0 saturated heterocycles. The minimum atomic E-state index is 0.135. The Kier molecular flexibility index (Phi) is 7.07. The minimum Gasteiger partial charge on any atom is -0.486 e. The summed E-state index contributed by atoms with van der Waals surface area (Å²) in [5.41, 5.74) is 3.01. The molecule has 5 aromatic rings. The number of rotatable bonds is 8. The Morgan fingerprint density at radius 2 is 1.58 bits per heavy atom. The van der Waals surface area contributed by atoms with E-state index >= 15 is 0 Å². The first-order chi connectivity index (χ1) is 18.7. The number of benzene rings is 4. The summed E-state index contributed by atoms with van der Waals surface area (Å²) in [5.74, 6) is 1.69. The van der Waals surface area contributed by atoms with E-state index in [1.165, 1.54) is 30.2 Å². The van der Waals surface area contributed by atoms with Gasteiger partial charge in [-0.05, 0) is 53.4 Å². The summed E-state index contributed by atoms with van der Waals surface area (Å²) in [4.78, 5) is 20.9. The van der Waals surface area contributed by atoms with Crippen LogP contribution in [0.25, 0.3) is 21.8 Å². The molecule has 0 spiro atoms. The Hall–Kier alpha value is -4.12. The first-order valence-electron chi connectivity index (χ1n) is 13.6. The second kappa shape index (κ2) is 11.1. The predicted molar refractivity (Wildman–Crippen MR) is 152 cm³/mol. The summed E-state index contributed by atoms with van der Waals surface area (Å²) in [5, 5.41) is 2.32. The maximum absolute atomic E-state index is 14.0. The van der Waals surface area contributed by atoms with E-state index in [-0.39, 0.29) is 18.5 Å². The molecule has 1 heterocycles. The molecule has 1 saturated carbocycles. The van der Waals surface area contributed by atoms with Crippen molar-refractivity contribution in [2.24, 2.45) is 0 Å². The van der Waals surface area contributed by atoms with Crippen LogP contribution in [-0.2, 0) is 24.5 Å². The van der Waals surface area contributed by atoms with Crippen molar-refractivity contribution in [3.8, 4) is 5.75 Å². The summed E-state index contributed by atoms with van der Waals surface area (Å²) in [6.45, 7) is 1.18. The summed E-state index contributed by atoms with van der Waals surface area (Å²) >= 11 is 0. The first kappa shape index (κ1) is 24.2. The molecule has 4 aromatic carbocycles. The zero-order valence-electron chi connectivity index (χ0n) is 21.6. The van der Waals surface area contributed by atoms with Gasteiger partial charge in [0.05, 0.1) is 11.0 Å². The number of fused-ring (bicyclic) bond motifs is 2. The van der Waals surface area contributed by atoms with Crippen LogP contribution in [0.2, 0.25) is 0 Å². The van der Waals surface area contributed by atoms with E-state index in [1.807, 2.05) is 65.2 Å². The van der Waals surface area contributed by atoms with Crippen molar-refractivity contribution >= 4 is 27.7 Å². The van der Waals surface area contributed by atoms with Crippen LogP contribution in [0.4, 0.5) is 0 Å². The van der Waals surface area contributed by atoms with E-state index in [4.69, 9.17) is 9.72 Å². The van der Waals surface area contributed by atoms with Crippen LogP contribution in [0.1, 0.15) is 43.5 Å². The molecular formula is C33H33N3O2. The second-order valence-corrected chi connectivity index (χ2v) is 10.2. The fourth-order valence-corrected chi connectivity index (χ4v) is 5.64. The molecule has 0 atom stereocenters. The third kappa shape index (κ3) is 5.28. The maximum Gasteiger partial charge on any atom is 0.243 e. The number of hydrogen-bond acceptors (Lipinski definition) is 3. The van der Waals surface area contributed by atoms with Gasteiger partial charge < -0.3 is 14.2 Å². The van der Waals surface area contributed by atoms with Crippen LogP contribution in [0.3, 0.4) is 0 Å². The predicted octanol–water partition coefficient (Wildman–Crippen LogP) is 7.13. The largest absolute Gasteiger partial charge is 0.486 e. The van der Waals surface area contributed by atoms with Gasteiger partial charge >= 0.3 is 0 Å². The Balaban J connectivity index is 1.27. The fourth-order valence-electron chi connectivity index (χ4n) is 5.64. The van der Waals surface area contributed by atoms with Crippen molar-refractivity contribution in [1.82, 2.24) is 14.5 Å². The maximum atomic E-state index is 14.0. The first-order valence-corrected chi connectivity index (χ1v) is 13.6. The standard InChI is InChI=1S/C33H33N3O2/c37-33(35(28-15-5-2-6-16-28)22-25-11-3-1-4-12-25)23-36-31-18-10-9-17-30(31)34-32(36)24-38-29-20-19-26-13-7-8-14-27(26)21-29/h1,3-4,7-14,17-21,28H,2,5-6,15-16,22-24H2. The molecule has 192 valence electrons. The van der Waals surface area contributed by atoms with Crippen molar-refractivity contribution in [2.45, 2.75) is 57.8 Å². The molecular weight excluding hydrogens is 470 g/mol. The lowest BCUT2D eigenvalue weighted by atomic mass is 9.93. The second-order valence-electron chi connectivity index (χ2n) is 10.2. The van der Waals surface area contributed by atoms with Gasteiger partial charge in [-0.25, -0.2) is 4.98 Å². The molecule has 1 aromatic heterocycles. The third-order valence-electron chi connectivity index (χ3n) is 7.65. The fraction of sp³-hybridized carbons (Fsp3) is 0.273. The Labute approximate surface area is 223 Å². The average Bonchev–Trinajstić information content (AvgIpc) is 3.32. The monoisotopic (exact) mass is 503 g/mol. The Bertz CT molecular complexity index is 1540. The van der Waals surface area contributed by atoms with Gasteiger partial charge in [0.25, 0.3) is 0 Å². The molecule has 0 bridgehead atoms. The van der Waals surface area contributed by atoms with Crippen molar-refractivity contribution in [2.75, 3.05) is 0 Å². The number of ether oxygens (including phenoxy) is 1. The highest BCUT2D eigenvalue weighted by Gasteiger charge is 2.27. The molecule has 1 amide bonds. The summed E-state index contributed by atoms with van der Waals surface area (Å²) in [7, 11) is 0. The van der Waals surface area contributed by atoms with Gasteiger partial charge in [-0.15, -0.1) is 0 Å². The van der Waals surface area contributed by atoms with E-state index in [0.29, 0.717) is 13.2 Å². The van der Waals surface area contributed by atoms with Gasteiger partial charge in [0.2, 0.25) is 5.91 Å². The molecule has 6 rings (SSSR count). The normalized spacial score (nSPS) is 14.1. The number of hydrogen-bond donors (Lipinski definition) is 0. The lowest BCUT2D eigenvalue weighted by Crippen LogP contribution is -2.42. The average molecular weight is 504 g/mol. The number of amides is 1. The number of nitrogens with zero attached hydrogens (tertiary/aromatic N) is 3. The number of imidazole rings is 1. The molecule has 38 heavy (non-hydrogen) atoms. The summed E-state index contributed by atoms with van der Waals surface area (Å²) in [6, 6.07) is 33.0. The van der Waals surface area contributed by atoms with Gasteiger partial charge in [-0.3, -0.25) is 4.79 Å². The van der Waals surface area contributed by atoms with Crippen LogP contribution < -0.4 is 4.74 Å². The van der Waals surface area contributed by atoms with Crippen molar-refractivity contribution < 1.29 is 9.53 Å². The van der Waals surface area contributed by atoms with Gasteiger partial charge in [0.1, 0.15) is 24.7 Å². The number of aromatic nitrogens is 2. The molecule has 0 unspecified atom stereocenters. The molecule has 0 N–H and O–H groups in total. The SMILES string of the molecule is O=C(Cn1c(COc2ccc3ccccc3c2)nc2ccccc21)N(Cc1ccccc1)C1CCCCC1. The Morgan fingerprint density at radius 1 is 0.842 bits per heavy atom. The highest BCUT2D eigenvalue weighted by molar-refractivity contribution is 5.84. The lowest BCUT2D eigenvalue weighted by molar-refractivity contribution is -0.135. The van der Waals surface area contributed by atoms with Gasteiger partial charge in [-0.1, -0.05) is 92.1 Å². The van der Waals surface area contributed by atoms with Crippen molar-refractivity contribution in [1.29, 1.82) is 0 Å². The third-order valence-corrected chi connectivity index (χ3v) is 7.65. The molecule has 1 aliphatic carbocycles. The van der Waals surface area contributed by atoms with E-state index in [1.54, 1.807) is 0 Å². The van der Waals surface area contributed by atoms with Crippen LogP contribution in [-0.4, -0.2) is 26.4 Å². The van der Waals surface area contributed by atoms with Crippen LogP contribution in [0, 0.1) is 0 Å². The van der Waals surface area contributed by atoms with Crippen LogP contribution in [0.15, 0.2) is 97.1 Å². The summed E-state index contributed by atoms with van der Waals surface area (Å²) < 4.78 is 8.26. The van der Waals surface area contributed by atoms with E-state index in [2.05, 4.69) is 41.3 Å². The molecule has 5 heteroatoms. The number of para-hydroxylation sites is 2. The highest BCUT2D eigenvalue weighted by Crippen LogP contribution is 2.26. The van der Waals surface area contributed by atoms with Gasteiger partial charge in [0.15, 0.2) is 0 Å². The zero-order valence-corrected chi connectivity index (χ0v) is 21.6. The molecule has 0 radical (unpaired) electrons. The number of carbonyl (C=O) groups is 1. The highest BCUT2D eigenvalue weighted by atomic mass is 16.5. The molecule has 0 aliphatic heterocycles. The minimum absolute atomic E-state index is 0.135. The topological polar surface area (TPSA) is 47.4 Å². The lowest BCUT2D eigenvalue weighted by Gasteiger charge is -2.35. The van der Waals surface area contributed by atoms with Crippen molar-refractivity contribution in [3.05, 3.63) is 108 Å². The van der Waals surface area contributed by atoms with Crippen LogP contribution in [0.5, 0.6) is 5.75 Å². The molecule has 5 nitrogen and oxygen atoms in total. The van der Waals surface area contributed by atoms with E-state index < -0.39 is 0 Å².